The van der Waals surface area contributed by atoms with Crippen molar-refractivity contribution in [3.63, 3.8) is 0 Å². The summed E-state index contributed by atoms with van der Waals surface area (Å²) < 4.78 is 5.30. The van der Waals surface area contributed by atoms with E-state index in [-0.39, 0.29) is 36.6 Å². The number of rotatable bonds is 3. The average Bonchev–Trinajstić information content (AvgIpc) is 2.62. The van der Waals surface area contributed by atoms with Crippen molar-refractivity contribution in [2.45, 2.75) is 0 Å². The van der Waals surface area contributed by atoms with E-state index in [0.29, 0.717) is 57.2 Å². The summed E-state index contributed by atoms with van der Waals surface area (Å²) in [5.41, 5.74) is 6.91. The van der Waals surface area contributed by atoms with E-state index in [2.05, 4.69) is 4.90 Å². The van der Waals surface area contributed by atoms with Crippen LogP contribution in [0.3, 0.4) is 0 Å². The van der Waals surface area contributed by atoms with Crippen LogP contribution in [0.15, 0.2) is 24.3 Å². The van der Waals surface area contributed by atoms with Crippen LogP contribution in [-0.4, -0.2) is 85.5 Å². The monoisotopic (exact) mass is 404 g/mol. The van der Waals surface area contributed by atoms with Gasteiger partial charge in [-0.1, -0.05) is 12.1 Å². The zero-order valence-corrected chi connectivity index (χ0v) is 16.3. The number of amides is 2. The number of piperazine rings is 1. The van der Waals surface area contributed by atoms with Gasteiger partial charge in [-0.2, -0.15) is 0 Å². The molecule has 0 spiro atoms. The molecule has 0 radical (unpaired) electrons. The fourth-order valence-electron chi connectivity index (χ4n) is 3.07. The van der Waals surface area contributed by atoms with Gasteiger partial charge < -0.3 is 20.3 Å². The lowest BCUT2D eigenvalue weighted by atomic mass is 10.1. The van der Waals surface area contributed by atoms with E-state index >= 15 is 0 Å². The molecule has 0 saturated carbocycles. The molecule has 0 aromatic heterocycles. The molecule has 7 nitrogen and oxygen atoms in total. The first-order valence-corrected chi connectivity index (χ1v) is 8.37. The maximum atomic E-state index is 12.5. The van der Waals surface area contributed by atoms with Crippen LogP contribution in [0, 0.1) is 0 Å². The quantitative estimate of drug-likeness (QED) is 0.751. The van der Waals surface area contributed by atoms with Crippen LogP contribution < -0.4 is 5.73 Å². The van der Waals surface area contributed by atoms with Gasteiger partial charge in [-0.05, 0) is 12.1 Å². The number of ether oxygens (including phenoxy) is 1. The summed E-state index contributed by atoms with van der Waals surface area (Å²) in [6, 6.07) is 7.10. The van der Waals surface area contributed by atoms with Gasteiger partial charge in [-0.15, -0.1) is 24.8 Å². The van der Waals surface area contributed by atoms with Crippen molar-refractivity contribution >= 4 is 42.3 Å². The second-order valence-corrected chi connectivity index (χ2v) is 6.15. The Bertz CT molecular complexity index is 603. The summed E-state index contributed by atoms with van der Waals surface area (Å²) in [6.07, 6.45) is 0. The standard InChI is InChI=1S/C17H24N4O3.2ClH/c18-15-4-2-1-3-14(15)17(23)21-7-5-20(6-8-21)16(22)13-19-9-11-24-12-10-19;;/h1-4H,5-13,18H2;2*1H. The Hall–Kier alpha value is -1.54. The minimum absolute atomic E-state index is 0. The van der Waals surface area contributed by atoms with Gasteiger partial charge in [0.25, 0.3) is 5.91 Å². The second kappa shape index (κ2) is 10.6. The number of nitrogens with two attached hydrogens (primary N) is 1. The first-order valence-electron chi connectivity index (χ1n) is 8.37. The molecule has 9 heteroatoms. The van der Waals surface area contributed by atoms with Crippen LogP contribution in [0.1, 0.15) is 10.4 Å². The molecule has 0 unspecified atom stereocenters. The highest BCUT2D eigenvalue weighted by atomic mass is 35.5. The molecule has 1 aromatic rings. The van der Waals surface area contributed by atoms with Crippen LogP contribution in [0.25, 0.3) is 0 Å². The maximum absolute atomic E-state index is 12.5. The Labute approximate surface area is 166 Å². The molecule has 2 aliphatic heterocycles. The fourth-order valence-corrected chi connectivity index (χ4v) is 3.07. The van der Waals surface area contributed by atoms with E-state index in [4.69, 9.17) is 10.5 Å². The third-order valence-electron chi connectivity index (χ3n) is 4.57. The van der Waals surface area contributed by atoms with Crippen molar-refractivity contribution in [2.75, 3.05) is 64.8 Å². The van der Waals surface area contributed by atoms with Gasteiger partial charge in [0.2, 0.25) is 5.91 Å². The van der Waals surface area contributed by atoms with Crippen LogP contribution in [0.2, 0.25) is 0 Å². The number of hydrogen-bond acceptors (Lipinski definition) is 5. The van der Waals surface area contributed by atoms with Crippen molar-refractivity contribution in [3.8, 4) is 0 Å². The number of para-hydroxylation sites is 1. The normalized spacial score (nSPS) is 17.8. The summed E-state index contributed by atoms with van der Waals surface area (Å²) in [7, 11) is 0. The number of halogens is 2. The predicted molar refractivity (Wildman–Crippen MR) is 105 cm³/mol. The lowest BCUT2D eigenvalue weighted by molar-refractivity contribution is -0.134. The largest absolute Gasteiger partial charge is 0.398 e. The van der Waals surface area contributed by atoms with Crippen molar-refractivity contribution in [1.29, 1.82) is 0 Å². The maximum Gasteiger partial charge on any atom is 0.256 e. The minimum Gasteiger partial charge on any atom is -0.398 e. The molecule has 146 valence electrons. The molecule has 0 aliphatic carbocycles. The van der Waals surface area contributed by atoms with Crippen molar-refractivity contribution < 1.29 is 14.3 Å². The third kappa shape index (κ3) is 5.48. The molecular formula is C17H26Cl2N4O3. The van der Waals surface area contributed by atoms with Crippen molar-refractivity contribution in [2.24, 2.45) is 0 Å². The van der Waals surface area contributed by atoms with Gasteiger partial charge in [0.05, 0.1) is 25.3 Å². The Balaban J connectivity index is 0.00000169. The lowest BCUT2D eigenvalue weighted by Crippen LogP contribution is -2.53. The summed E-state index contributed by atoms with van der Waals surface area (Å²) in [5.74, 6) is 0.0663. The zero-order valence-electron chi connectivity index (χ0n) is 14.6. The van der Waals surface area contributed by atoms with E-state index in [9.17, 15) is 9.59 Å². The number of anilines is 1. The van der Waals surface area contributed by atoms with Crippen molar-refractivity contribution in [1.82, 2.24) is 14.7 Å². The Morgan fingerprint density at radius 3 is 2.12 bits per heavy atom. The number of hydrogen-bond donors (Lipinski definition) is 1. The molecule has 3 rings (SSSR count). The Kier molecular flexibility index (Phi) is 9.15. The number of carbonyl (C=O) groups is 2. The zero-order chi connectivity index (χ0) is 16.9. The number of nitrogens with zero attached hydrogens (tertiary/aromatic N) is 3. The van der Waals surface area contributed by atoms with Crippen LogP contribution in [0.4, 0.5) is 5.69 Å². The van der Waals surface area contributed by atoms with E-state index in [0.717, 1.165) is 13.1 Å². The molecule has 2 aliphatic rings. The Morgan fingerprint density at radius 2 is 1.50 bits per heavy atom. The highest BCUT2D eigenvalue weighted by molar-refractivity contribution is 5.99. The summed E-state index contributed by atoms with van der Waals surface area (Å²) >= 11 is 0. The van der Waals surface area contributed by atoms with E-state index in [1.807, 2.05) is 17.0 Å². The van der Waals surface area contributed by atoms with E-state index < -0.39 is 0 Å². The number of benzene rings is 1. The molecule has 2 saturated heterocycles. The second-order valence-electron chi connectivity index (χ2n) is 6.15. The molecule has 1 aromatic carbocycles. The van der Waals surface area contributed by atoms with Crippen LogP contribution in [0.5, 0.6) is 0 Å². The van der Waals surface area contributed by atoms with Gasteiger partial charge in [0.1, 0.15) is 0 Å². The van der Waals surface area contributed by atoms with Gasteiger partial charge in [-0.25, -0.2) is 0 Å². The van der Waals surface area contributed by atoms with E-state index in [1.54, 1.807) is 17.0 Å². The summed E-state index contributed by atoms with van der Waals surface area (Å²) in [5, 5.41) is 0. The Morgan fingerprint density at radius 1 is 0.923 bits per heavy atom. The fraction of sp³-hybridized carbons (Fsp3) is 0.529. The molecule has 2 amide bonds. The van der Waals surface area contributed by atoms with Gasteiger partial charge in [0, 0.05) is 45.0 Å². The first kappa shape index (κ1) is 22.5. The average molecular weight is 405 g/mol. The highest BCUT2D eigenvalue weighted by Gasteiger charge is 2.26. The van der Waals surface area contributed by atoms with Gasteiger partial charge in [-0.3, -0.25) is 14.5 Å². The molecule has 26 heavy (non-hydrogen) atoms. The smallest absolute Gasteiger partial charge is 0.256 e. The minimum atomic E-state index is -0.0617. The van der Waals surface area contributed by atoms with Gasteiger partial charge >= 0.3 is 0 Å². The predicted octanol–water partition coefficient (Wildman–Crippen LogP) is 0.729. The lowest BCUT2D eigenvalue weighted by Gasteiger charge is -2.36. The third-order valence-corrected chi connectivity index (χ3v) is 4.57. The first-order chi connectivity index (χ1) is 11.6. The topological polar surface area (TPSA) is 79.1 Å². The molecule has 2 heterocycles. The number of carbonyl (C=O) groups excluding carboxylic acids is 2. The van der Waals surface area contributed by atoms with E-state index in [1.165, 1.54) is 0 Å². The van der Waals surface area contributed by atoms with Gasteiger partial charge in [0.15, 0.2) is 0 Å². The molecule has 0 atom stereocenters. The number of nitrogen functional groups attached to an aromatic ring is 1. The highest BCUT2D eigenvalue weighted by Crippen LogP contribution is 2.15. The van der Waals surface area contributed by atoms with Crippen LogP contribution >= 0.6 is 24.8 Å². The summed E-state index contributed by atoms with van der Waals surface area (Å²) in [6.45, 7) is 5.65. The molecular weight excluding hydrogens is 379 g/mol. The number of morpholine rings is 1. The SMILES string of the molecule is Cl.Cl.Nc1ccccc1C(=O)N1CCN(C(=O)CN2CCOCC2)CC1. The molecule has 0 bridgehead atoms. The molecule has 2 N–H and O–H groups in total. The van der Waals surface area contributed by atoms with Crippen LogP contribution in [-0.2, 0) is 9.53 Å². The van der Waals surface area contributed by atoms with Crippen molar-refractivity contribution in [3.05, 3.63) is 29.8 Å². The molecule has 2 fully saturated rings. The summed E-state index contributed by atoms with van der Waals surface area (Å²) in [4.78, 5) is 30.6.